The second-order valence-electron chi connectivity index (χ2n) is 1.86. The summed E-state index contributed by atoms with van der Waals surface area (Å²) in [7, 11) is 1.40. The maximum Gasteiger partial charge on any atom is 0.140 e. The predicted molar refractivity (Wildman–Crippen MR) is 39.8 cm³/mol. The Labute approximate surface area is 64.3 Å². The number of rotatable bonds is 2. The van der Waals surface area contributed by atoms with Crippen molar-refractivity contribution in [3.8, 4) is 0 Å². The van der Waals surface area contributed by atoms with Crippen molar-refractivity contribution in [3.05, 3.63) is 35.6 Å². The molecular formula is C8H7FNO. The van der Waals surface area contributed by atoms with Gasteiger partial charge in [0.25, 0.3) is 0 Å². The molecule has 0 aliphatic rings. The van der Waals surface area contributed by atoms with E-state index in [4.69, 9.17) is 0 Å². The van der Waals surface area contributed by atoms with Gasteiger partial charge in [0.15, 0.2) is 0 Å². The van der Waals surface area contributed by atoms with Crippen LogP contribution in [0.1, 0.15) is 5.56 Å². The minimum absolute atomic E-state index is 0.370. The van der Waals surface area contributed by atoms with E-state index in [1.165, 1.54) is 19.4 Å². The van der Waals surface area contributed by atoms with E-state index in [2.05, 4.69) is 16.1 Å². The molecule has 0 aliphatic carbocycles. The lowest BCUT2D eigenvalue weighted by Crippen LogP contribution is -1.87. The molecule has 1 aromatic carbocycles. The lowest BCUT2D eigenvalue weighted by molar-refractivity contribution is 0.215. The molecule has 3 heteroatoms. The van der Waals surface area contributed by atoms with Gasteiger partial charge in [-0.1, -0.05) is 23.4 Å². The van der Waals surface area contributed by atoms with Crippen LogP contribution in [0, 0.1) is 11.9 Å². The van der Waals surface area contributed by atoms with Crippen LogP contribution in [-0.2, 0) is 4.84 Å². The summed E-state index contributed by atoms with van der Waals surface area (Å²) in [5, 5.41) is 3.42. The molecule has 0 aromatic heterocycles. The first-order chi connectivity index (χ1) is 5.34. The van der Waals surface area contributed by atoms with Gasteiger partial charge in [-0.25, -0.2) is 4.39 Å². The van der Waals surface area contributed by atoms with Crippen LogP contribution in [-0.4, -0.2) is 13.3 Å². The number of halogens is 1. The summed E-state index contributed by atoms with van der Waals surface area (Å²) in [6, 6.07) is 7.17. The van der Waals surface area contributed by atoms with Crippen molar-refractivity contribution < 1.29 is 9.23 Å². The zero-order valence-corrected chi connectivity index (χ0v) is 6.04. The molecule has 0 saturated heterocycles. The SMILES string of the molecule is CO/N=C/c1ccc[c]c1F. The normalized spacial score (nSPS) is 10.4. The van der Waals surface area contributed by atoms with Crippen LogP contribution in [0.25, 0.3) is 0 Å². The molecule has 0 unspecified atom stereocenters. The summed E-state index contributed by atoms with van der Waals surface area (Å²) in [5.41, 5.74) is 0.370. The Kier molecular flexibility index (Phi) is 2.60. The molecule has 0 heterocycles. The van der Waals surface area contributed by atoms with Crippen molar-refractivity contribution in [2.45, 2.75) is 0 Å². The van der Waals surface area contributed by atoms with Gasteiger partial charge in [-0.2, -0.15) is 0 Å². The highest BCUT2D eigenvalue weighted by molar-refractivity contribution is 5.79. The molecule has 1 radical (unpaired) electrons. The highest BCUT2D eigenvalue weighted by atomic mass is 19.1. The first-order valence-corrected chi connectivity index (χ1v) is 3.07. The van der Waals surface area contributed by atoms with Gasteiger partial charge in [0.05, 0.1) is 6.21 Å². The Morgan fingerprint density at radius 1 is 1.73 bits per heavy atom. The Bertz CT molecular complexity index is 260. The van der Waals surface area contributed by atoms with E-state index in [0.717, 1.165) is 0 Å². The van der Waals surface area contributed by atoms with Gasteiger partial charge in [-0.15, -0.1) is 0 Å². The molecule has 0 fully saturated rings. The van der Waals surface area contributed by atoms with E-state index in [-0.39, 0.29) is 0 Å². The fourth-order valence-corrected chi connectivity index (χ4v) is 0.639. The standard InChI is InChI=1S/C8H7FNO/c1-11-10-6-7-4-2-3-5-8(7)9/h2-4,6H,1H3/b10-6+. The Morgan fingerprint density at radius 3 is 3.18 bits per heavy atom. The van der Waals surface area contributed by atoms with Gasteiger partial charge in [0, 0.05) is 11.6 Å². The third-order valence-corrected chi connectivity index (χ3v) is 1.13. The quantitative estimate of drug-likeness (QED) is 0.466. The number of benzene rings is 1. The fraction of sp³-hybridized carbons (Fsp3) is 0.125. The molecule has 1 aromatic rings. The second-order valence-corrected chi connectivity index (χ2v) is 1.86. The van der Waals surface area contributed by atoms with Crippen LogP contribution in [0.4, 0.5) is 4.39 Å². The van der Waals surface area contributed by atoms with Crippen LogP contribution < -0.4 is 0 Å². The van der Waals surface area contributed by atoms with E-state index < -0.39 is 5.82 Å². The predicted octanol–water partition coefficient (Wildman–Crippen LogP) is 1.61. The lowest BCUT2D eigenvalue weighted by atomic mass is 10.2. The van der Waals surface area contributed by atoms with Gasteiger partial charge in [-0.3, -0.25) is 0 Å². The van der Waals surface area contributed by atoms with Crippen molar-refractivity contribution in [2.75, 3.05) is 7.11 Å². The highest BCUT2D eigenvalue weighted by Crippen LogP contribution is 2.01. The number of hydrogen-bond donors (Lipinski definition) is 0. The van der Waals surface area contributed by atoms with Gasteiger partial charge < -0.3 is 4.84 Å². The summed E-state index contributed by atoms with van der Waals surface area (Å²) < 4.78 is 12.7. The zero-order valence-electron chi connectivity index (χ0n) is 6.04. The monoisotopic (exact) mass is 152 g/mol. The number of hydrogen-bond acceptors (Lipinski definition) is 2. The molecule has 0 saturated carbocycles. The smallest absolute Gasteiger partial charge is 0.140 e. The molecule has 2 nitrogen and oxygen atoms in total. The Hall–Kier alpha value is -1.38. The van der Waals surface area contributed by atoms with E-state index in [1.807, 2.05) is 0 Å². The minimum atomic E-state index is -0.423. The molecule has 0 bridgehead atoms. The van der Waals surface area contributed by atoms with Crippen LogP contribution in [0.2, 0.25) is 0 Å². The van der Waals surface area contributed by atoms with Crippen molar-refractivity contribution >= 4 is 6.21 Å². The maximum absolute atomic E-state index is 12.7. The van der Waals surface area contributed by atoms with Gasteiger partial charge in [0.1, 0.15) is 12.9 Å². The molecule has 11 heavy (non-hydrogen) atoms. The summed E-state index contributed by atoms with van der Waals surface area (Å²) in [6.45, 7) is 0. The van der Waals surface area contributed by atoms with E-state index in [0.29, 0.717) is 5.56 Å². The molecule has 0 amide bonds. The van der Waals surface area contributed by atoms with Crippen LogP contribution >= 0.6 is 0 Å². The topological polar surface area (TPSA) is 21.6 Å². The summed E-state index contributed by atoms with van der Waals surface area (Å²) in [6.07, 6.45) is 1.30. The molecule has 1 rings (SSSR count). The second kappa shape index (κ2) is 3.71. The number of nitrogens with zero attached hydrogens (tertiary/aromatic N) is 1. The average Bonchev–Trinajstić information content (AvgIpc) is 2.03. The number of oxime groups is 1. The average molecular weight is 152 g/mol. The maximum atomic E-state index is 12.7. The van der Waals surface area contributed by atoms with Gasteiger partial charge in [0.2, 0.25) is 0 Å². The molecule has 0 spiro atoms. The fourth-order valence-electron chi connectivity index (χ4n) is 0.639. The minimum Gasteiger partial charge on any atom is -0.399 e. The molecular weight excluding hydrogens is 145 g/mol. The van der Waals surface area contributed by atoms with Gasteiger partial charge >= 0.3 is 0 Å². The summed E-state index contributed by atoms with van der Waals surface area (Å²) >= 11 is 0. The Morgan fingerprint density at radius 2 is 2.55 bits per heavy atom. The molecule has 0 aliphatic heterocycles. The molecule has 0 N–H and O–H groups in total. The van der Waals surface area contributed by atoms with E-state index in [1.54, 1.807) is 12.1 Å². The van der Waals surface area contributed by atoms with Crippen molar-refractivity contribution in [1.82, 2.24) is 0 Å². The first-order valence-electron chi connectivity index (χ1n) is 3.07. The van der Waals surface area contributed by atoms with Crippen LogP contribution in [0.3, 0.4) is 0 Å². The summed E-state index contributed by atoms with van der Waals surface area (Å²) in [4.78, 5) is 4.39. The van der Waals surface area contributed by atoms with Crippen molar-refractivity contribution in [1.29, 1.82) is 0 Å². The van der Waals surface area contributed by atoms with Crippen LogP contribution in [0.5, 0.6) is 0 Å². The van der Waals surface area contributed by atoms with Crippen molar-refractivity contribution in [2.24, 2.45) is 5.16 Å². The molecule has 57 valence electrons. The molecule has 0 atom stereocenters. The zero-order chi connectivity index (χ0) is 8.10. The highest BCUT2D eigenvalue weighted by Gasteiger charge is 1.95. The Balaban J connectivity index is 2.86. The lowest BCUT2D eigenvalue weighted by Gasteiger charge is -1.92. The van der Waals surface area contributed by atoms with E-state index in [9.17, 15) is 4.39 Å². The van der Waals surface area contributed by atoms with Crippen molar-refractivity contribution in [3.63, 3.8) is 0 Å². The first kappa shape index (κ1) is 7.72. The van der Waals surface area contributed by atoms with Gasteiger partial charge in [-0.05, 0) is 0 Å². The third kappa shape index (κ3) is 2.04. The summed E-state index contributed by atoms with van der Waals surface area (Å²) in [5.74, 6) is -0.423. The van der Waals surface area contributed by atoms with E-state index >= 15 is 0 Å². The van der Waals surface area contributed by atoms with Crippen LogP contribution in [0.15, 0.2) is 23.4 Å². The largest absolute Gasteiger partial charge is 0.399 e. The third-order valence-electron chi connectivity index (χ3n) is 1.13.